The van der Waals surface area contributed by atoms with E-state index in [1.165, 1.54) is 0 Å². The van der Waals surface area contributed by atoms with Crippen LogP contribution >= 0.6 is 27.5 Å². The molecule has 0 radical (unpaired) electrons. The molecule has 1 aromatic carbocycles. The van der Waals surface area contributed by atoms with Crippen LogP contribution < -0.4 is 5.32 Å². The van der Waals surface area contributed by atoms with E-state index in [9.17, 15) is 0 Å². The first-order valence-electron chi connectivity index (χ1n) is 5.76. The van der Waals surface area contributed by atoms with Crippen LogP contribution in [-0.2, 0) is 6.54 Å². The molecule has 94 valence electrons. The van der Waals surface area contributed by atoms with Crippen LogP contribution in [0.5, 0.6) is 0 Å². The minimum Gasteiger partial charge on any atom is -0.309 e. The molecule has 0 saturated heterocycles. The van der Waals surface area contributed by atoms with Crippen molar-refractivity contribution in [1.82, 2.24) is 10.3 Å². The van der Waals surface area contributed by atoms with Crippen molar-refractivity contribution in [1.29, 1.82) is 0 Å². The van der Waals surface area contributed by atoms with E-state index in [1.54, 1.807) is 6.20 Å². The van der Waals surface area contributed by atoms with Gasteiger partial charge in [0.25, 0.3) is 0 Å². The van der Waals surface area contributed by atoms with Gasteiger partial charge in [-0.2, -0.15) is 0 Å². The summed E-state index contributed by atoms with van der Waals surface area (Å²) < 4.78 is 0.991. The fourth-order valence-electron chi connectivity index (χ4n) is 1.62. The maximum absolute atomic E-state index is 6.31. The molecule has 2 aromatic rings. The second kappa shape index (κ2) is 6.88. The maximum Gasteiger partial charge on any atom is 0.0709 e. The Morgan fingerprint density at radius 1 is 1.17 bits per heavy atom. The second-order valence-corrected chi connectivity index (χ2v) is 5.42. The van der Waals surface area contributed by atoms with Crippen LogP contribution in [0.2, 0.25) is 0 Å². The van der Waals surface area contributed by atoms with Crippen molar-refractivity contribution in [3.63, 3.8) is 0 Å². The van der Waals surface area contributed by atoms with E-state index in [4.69, 9.17) is 11.6 Å². The van der Waals surface area contributed by atoms with Crippen molar-refractivity contribution in [3.8, 4) is 0 Å². The van der Waals surface area contributed by atoms with Crippen molar-refractivity contribution < 1.29 is 0 Å². The van der Waals surface area contributed by atoms with Gasteiger partial charge >= 0.3 is 0 Å². The highest BCUT2D eigenvalue weighted by Gasteiger charge is 2.06. The van der Waals surface area contributed by atoms with Gasteiger partial charge < -0.3 is 5.32 Å². The predicted octanol–water partition coefficient (Wildman–Crippen LogP) is 3.91. The number of hydrogen-bond donors (Lipinski definition) is 1. The highest BCUT2D eigenvalue weighted by Crippen LogP contribution is 2.18. The Labute approximate surface area is 121 Å². The Bertz CT molecular complexity index is 473. The van der Waals surface area contributed by atoms with Gasteiger partial charge in [-0.1, -0.05) is 30.3 Å². The summed E-state index contributed by atoms with van der Waals surface area (Å²) >= 11 is 9.67. The summed E-state index contributed by atoms with van der Waals surface area (Å²) in [4.78, 5) is 4.30. The van der Waals surface area contributed by atoms with Crippen LogP contribution in [0.1, 0.15) is 16.6 Å². The molecule has 2 nitrogen and oxygen atoms in total. The molecular weight excluding hydrogens is 312 g/mol. The van der Waals surface area contributed by atoms with E-state index < -0.39 is 0 Å². The lowest BCUT2D eigenvalue weighted by Gasteiger charge is -2.10. The third kappa shape index (κ3) is 4.09. The van der Waals surface area contributed by atoms with E-state index in [-0.39, 0.29) is 5.38 Å². The third-order valence-electron chi connectivity index (χ3n) is 2.58. The molecule has 0 aliphatic rings. The first kappa shape index (κ1) is 13.5. The third-order valence-corrected chi connectivity index (χ3v) is 3.45. The zero-order valence-electron chi connectivity index (χ0n) is 9.81. The molecule has 0 aliphatic heterocycles. The summed E-state index contributed by atoms with van der Waals surface area (Å²) in [6.07, 6.45) is 1.80. The van der Waals surface area contributed by atoms with Crippen molar-refractivity contribution in [3.05, 3.63) is 64.4 Å². The summed E-state index contributed by atoms with van der Waals surface area (Å²) in [7, 11) is 0. The van der Waals surface area contributed by atoms with Gasteiger partial charge in [-0.15, -0.1) is 11.6 Å². The van der Waals surface area contributed by atoms with E-state index in [2.05, 4.69) is 26.2 Å². The van der Waals surface area contributed by atoms with Crippen molar-refractivity contribution in [2.75, 3.05) is 6.54 Å². The van der Waals surface area contributed by atoms with Crippen molar-refractivity contribution in [2.24, 2.45) is 0 Å². The topological polar surface area (TPSA) is 24.9 Å². The van der Waals surface area contributed by atoms with Gasteiger partial charge in [0.1, 0.15) is 0 Å². The lowest BCUT2D eigenvalue weighted by Crippen LogP contribution is -2.19. The van der Waals surface area contributed by atoms with E-state index in [0.717, 1.165) is 28.8 Å². The Morgan fingerprint density at radius 3 is 2.61 bits per heavy atom. The minimum absolute atomic E-state index is 0.0124. The quantitative estimate of drug-likeness (QED) is 0.843. The average molecular weight is 326 g/mol. The number of aromatic nitrogens is 1. The highest BCUT2D eigenvalue weighted by molar-refractivity contribution is 9.10. The van der Waals surface area contributed by atoms with E-state index >= 15 is 0 Å². The number of benzene rings is 1. The summed E-state index contributed by atoms with van der Waals surface area (Å²) in [5, 5.41) is 3.30. The average Bonchev–Trinajstić information content (AvgIpc) is 2.42. The molecule has 1 aromatic heterocycles. The smallest absolute Gasteiger partial charge is 0.0709 e. The predicted molar refractivity (Wildman–Crippen MR) is 78.7 cm³/mol. The molecule has 0 saturated carbocycles. The first-order valence-corrected chi connectivity index (χ1v) is 6.99. The van der Waals surface area contributed by atoms with Crippen LogP contribution in [0.25, 0.3) is 0 Å². The summed E-state index contributed by atoms with van der Waals surface area (Å²) in [6.45, 7) is 1.45. The summed E-state index contributed by atoms with van der Waals surface area (Å²) in [5.74, 6) is 0. The zero-order valence-corrected chi connectivity index (χ0v) is 12.2. The second-order valence-electron chi connectivity index (χ2n) is 3.98. The molecule has 0 bridgehead atoms. The zero-order chi connectivity index (χ0) is 12.8. The molecular formula is C14H14BrClN2. The first-order chi connectivity index (χ1) is 8.75. The number of hydrogen-bond acceptors (Lipinski definition) is 2. The number of nitrogens with one attached hydrogen (secondary N) is 1. The van der Waals surface area contributed by atoms with Gasteiger partial charge in [-0.05, 0) is 33.6 Å². The Kier molecular flexibility index (Phi) is 5.17. The maximum atomic E-state index is 6.31. The Morgan fingerprint density at radius 2 is 1.94 bits per heavy atom. The monoisotopic (exact) mass is 324 g/mol. The number of rotatable bonds is 5. The largest absolute Gasteiger partial charge is 0.309 e. The van der Waals surface area contributed by atoms with Crippen LogP contribution in [0.4, 0.5) is 0 Å². The molecule has 2 rings (SSSR count). The molecule has 1 atom stereocenters. The standard InChI is InChI=1S/C14H14BrClN2/c15-12-6-7-13(18-8-12)9-17-10-14(16)11-4-2-1-3-5-11/h1-8,14,17H,9-10H2. The Hall–Kier alpha value is -0.900. The Balaban J connectivity index is 1.80. The van der Waals surface area contributed by atoms with E-state index in [0.29, 0.717) is 0 Å². The highest BCUT2D eigenvalue weighted by atomic mass is 79.9. The molecule has 18 heavy (non-hydrogen) atoms. The normalized spacial score (nSPS) is 12.3. The summed E-state index contributed by atoms with van der Waals surface area (Å²) in [6, 6.07) is 14.0. The minimum atomic E-state index is -0.0124. The molecule has 1 heterocycles. The van der Waals surface area contributed by atoms with Gasteiger partial charge in [0, 0.05) is 23.8 Å². The molecule has 1 N–H and O–H groups in total. The van der Waals surface area contributed by atoms with Crippen LogP contribution in [0, 0.1) is 0 Å². The molecule has 0 amide bonds. The molecule has 0 aliphatic carbocycles. The van der Waals surface area contributed by atoms with Gasteiger partial charge in [-0.3, -0.25) is 4.98 Å². The number of nitrogens with zero attached hydrogens (tertiary/aromatic N) is 1. The van der Waals surface area contributed by atoms with Crippen LogP contribution in [0.3, 0.4) is 0 Å². The van der Waals surface area contributed by atoms with Gasteiger partial charge in [0.2, 0.25) is 0 Å². The lowest BCUT2D eigenvalue weighted by atomic mass is 10.1. The van der Waals surface area contributed by atoms with Gasteiger partial charge in [0.05, 0.1) is 11.1 Å². The molecule has 0 fully saturated rings. The lowest BCUT2D eigenvalue weighted by molar-refractivity contribution is 0.663. The number of halogens is 2. The molecule has 1 unspecified atom stereocenters. The summed E-state index contributed by atoms with van der Waals surface area (Å²) in [5.41, 5.74) is 2.14. The van der Waals surface area contributed by atoms with Crippen LogP contribution in [0.15, 0.2) is 53.1 Å². The molecule has 0 spiro atoms. The van der Waals surface area contributed by atoms with Crippen molar-refractivity contribution >= 4 is 27.5 Å². The molecule has 4 heteroatoms. The van der Waals surface area contributed by atoms with Gasteiger partial charge in [-0.25, -0.2) is 0 Å². The number of alkyl halides is 1. The van der Waals surface area contributed by atoms with Gasteiger partial charge in [0.15, 0.2) is 0 Å². The SMILES string of the molecule is ClC(CNCc1ccc(Br)cn1)c1ccccc1. The fourth-order valence-corrected chi connectivity index (χ4v) is 2.11. The van der Waals surface area contributed by atoms with Crippen molar-refractivity contribution in [2.45, 2.75) is 11.9 Å². The fraction of sp³-hybridized carbons (Fsp3) is 0.214. The van der Waals surface area contributed by atoms with E-state index in [1.807, 2.05) is 42.5 Å². The number of pyridine rings is 1. The van der Waals surface area contributed by atoms with Crippen LogP contribution in [-0.4, -0.2) is 11.5 Å².